The largest absolute Gasteiger partial charge is 0.490 e. The number of ether oxygens (including phenoxy) is 2. The van der Waals surface area contributed by atoms with Crippen LogP contribution < -0.4 is 0 Å². The molecule has 0 saturated carbocycles. The van der Waals surface area contributed by atoms with Gasteiger partial charge in [0.05, 0.1) is 13.5 Å². The van der Waals surface area contributed by atoms with Crippen LogP contribution >= 0.6 is 12.2 Å². The Kier molecular flexibility index (Phi) is 5.82. The minimum atomic E-state index is -0.487. The number of methoxy groups -OCH3 is 1. The standard InChI is InChI=1S/C15H19NO3S/c1-15(2,3)19-13(17)8-6-11-5-7-12(16-10-11)9-14(20)18-4/h5-8,10H,9H2,1-4H3. The Hall–Kier alpha value is -1.75. The summed E-state index contributed by atoms with van der Waals surface area (Å²) in [5.74, 6) is -0.373. The van der Waals surface area contributed by atoms with Crippen LogP contribution in [-0.4, -0.2) is 28.7 Å². The van der Waals surface area contributed by atoms with Crippen molar-refractivity contribution >= 4 is 29.3 Å². The normalized spacial score (nSPS) is 11.4. The van der Waals surface area contributed by atoms with Crippen LogP contribution in [0.2, 0.25) is 0 Å². The number of carbonyl (C=O) groups excluding carboxylic acids is 1. The molecule has 1 aromatic rings. The summed E-state index contributed by atoms with van der Waals surface area (Å²) in [6.07, 6.45) is 5.23. The molecule has 1 aromatic heterocycles. The fourth-order valence-electron chi connectivity index (χ4n) is 1.36. The van der Waals surface area contributed by atoms with E-state index >= 15 is 0 Å². The molecule has 5 heteroatoms. The topological polar surface area (TPSA) is 48.4 Å². The van der Waals surface area contributed by atoms with E-state index in [9.17, 15) is 4.79 Å². The van der Waals surface area contributed by atoms with Gasteiger partial charge in [0.15, 0.2) is 5.05 Å². The number of hydrogen-bond donors (Lipinski definition) is 0. The minimum Gasteiger partial charge on any atom is -0.490 e. The molecule has 0 radical (unpaired) electrons. The van der Waals surface area contributed by atoms with Crippen LogP contribution in [-0.2, 0) is 20.7 Å². The first-order valence-corrected chi connectivity index (χ1v) is 6.64. The Morgan fingerprint density at radius 3 is 2.60 bits per heavy atom. The second kappa shape index (κ2) is 7.14. The number of esters is 1. The van der Waals surface area contributed by atoms with Crippen LogP contribution in [0.15, 0.2) is 24.4 Å². The Labute approximate surface area is 124 Å². The highest BCUT2D eigenvalue weighted by atomic mass is 32.1. The molecule has 0 atom stereocenters. The van der Waals surface area contributed by atoms with Crippen molar-refractivity contribution in [1.29, 1.82) is 0 Å². The van der Waals surface area contributed by atoms with E-state index < -0.39 is 5.60 Å². The molecular formula is C15H19NO3S. The fraction of sp³-hybridized carbons (Fsp3) is 0.400. The number of hydrogen-bond acceptors (Lipinski definition) is 5. The predicted molar refractivity (Wildman–Crippen MR) is 82.4 cm³/mol. The predicted octanol–water partition coefficient (Wildman–Crippen LogP) is 2.95. The number of rotatable bonds is 4. The Bertz CT molecular complexity index is 501. The van der Waals surface area contributed by atoms with E-state index in [1.54, 1.807) is 19.4 Å². The Morgan fingerprint density at radius 2 is 2.10 bits per heavy atom. The van der Waals surface area contributed by atoms with Gasteiger partial charge in [-0.2, -0.15) is 0 Å². The number of nitrogens with zero attached hydrogens (tertiary/aromatic N) is 1. The molecule has 108 valence electrons. The summed E-state index contributed by atoms with van der Waals surface area (Å²) in [6.45, 7) is 5.48. The first-order chi connectivity index (χ1) is 9.30. The molecular weight excluding hydrogens is 274 g/mol. The molecule has 20 heavy (non-hydrogen) atoms. The first kappa shape index (κ1) is 16.3. The van der Waals surface area contributed by atoms with E-state index in [1.165, 1.54) is 6.08 Å². The molecule has 0 unspecified atom stereocenters. The van der Waals surface area contributed by atoms with Crippen LogP contribution in [0, 0.1) is 0 Å². The third-order valence-corrected chi connectivity index (χ3v) is 2.53. The van der Waals surface area contributed by atoms with Gasteiger partial charge in [-0.25, -0.2) is 4.79 Å². The smallest absolute Gasteiger partial charge is 0.331 e. The molecule has 0 aromatic carbocycles. The first-order valence-electron chi connectivity index (χ1n) is 6.23. The summed E-state index contributed by atoms with van der Waals surface area (Å²) >= 11 is 4.97. The van der Waals surface area contributed by atoms with Crippen LogP contribution in [0.3, 0.4) is 0 Å². The third-order valence-electron chi connectivity index (χ3n) is 2.22. The number of carbonyl (C=O) groups is 1. The zero-order chi connectivity index (χ0) is 15.2. The van der Waals surface area contributed by atoms with Crippen LogP contribution in [0.1, 0.15) is 32.0 Å². The molecule has 1 rings (SSSR count). The minimum absolute atomic E-state index is 0.373. The van der Waals surface area contributed by atoms with Gasteiger partial charge in [0, 0.05) is 18.0 Å². The van der Waals surface area contributed by atoms with Crippen LogP contribution in [0.4, 0.5) is 0 Å². The average Bonchev–Trinajstić information content (AvgIpc) is 2.36. The highest BCUT2D eigenvalue weighted by molar-refractivity contribution is 7.80. The highest BCUT2D eigenvalue weighted by Crippen LogP contribution is 2.09. The molecule has 0 bridgehead atoms. The zero-order valence-electron chi connectivity index (χ0n) is 12.2. The maximum absolute atomic E-state index is 11.5. The lowest BCUT2D eigenvalue weighted by Gasteiger charge is -2.17. The molecule has 0 N–H and O–H groups in total. The van der Waals surface area contributed by atoms with E-state index in [-0.39, 0.29) is 5.97 Å². The van der Waals surface area contributed by atoms with Gasteiger partial charge in [-0.3, -0.25) is 4.98 Å². The summed E-state index contributed by atoms with van der Waals surface area (Å²) in [5, 5.41) is 0.495. The fourth-order valence-corrected chi connectivity index (χ4v) is 1.51. The summed E-state index contributed by atoms with van der Waals surface area (Å²) in [4.78, 5) is 15.8. The summed E-state index contributed by atoms with van der Waals surface area (Å²) in [7, 11) is 1.54. The van der Waals surface area contributed by atoms with E-state index in [0.29, 0.717) is 11.5 Å². The van der Waals surface area contributed by atoms with Gasteiger partial charge < -0.3 is 9.47 Å². The van der Waals surface area contributed by atoms with E-state index in [2.05, 4.69) is 4.98 Å². The lowest BCUT2D eigenvalue weighted by Crippen LogP contribution is -2.22. The molecule has 0 amide bonds. The third kappa shape index (κ3) is 6.43. The van der Waals surface area contributed by atoms with Crippen molar-refractivity contribution in [3.63, 3.8) is 0 Å². The number of pyridine rings is 1. The van der Waals surface area contributed by atoms with Crippen molar-refractivity contribution in [2.75, 3.05) is 7.11 Å². The second-order valence-electron chi connectivity index (χ2n) is 5.20. The van der Waals surface area contributed by atoms with Gasteiger partial charge in [0.1, 0.15) is 5.60 Å². The van der Waals surface area contributed by atoms with Crippen molar-refractivity contribution in [3.8, 4) is 0 Å². The Morgan fingerprint density at radius 1 is 1.40 bits per heavy atom. The van der Waals surface area contributed by atoms with Crippen molar-refractivity contribution in [3.05, 3.63) is 35.7 Å². The summed E-state index contributed by atoms with van der Waals surface area (Å²) < 4.78 is 10.1. The molecule has 0 aliphatic carbocycles. The van der Waals surface area contributed by atoms with Gasteiger partial charge >= 0.3 is 5.97 Å². The summed E-state index contributed by atoms with van der Waals surface area (Å²) in [6, 6.07) is 3.71. The van der Waals surface area contributed by atoms with E-state index in [4.69, 9.17) is 21.7 Å². The van der Waals surface area contributed by atoms with Crippen molar-refractivity contribution in [2.24, 2.45) is 0 Å². The van der Waals surface area contributed by atoms with Gasteiger partial charge in [-0.05, 0) is 50.7 Å². The molecule has 0 fully saturated rings. The van der Waals surface area contributed by atoms with Gasteiger partial charge in [-0.1, -0.05) is 6.07 Å². The molecule has 4 nitrogen and oxygen atoms in total. The van der Waals surface area contributed by atoms with Crippen molar-refractivity contribution in [1.82, 2.24) is 4.98 Å². The zero-order valence-corrected chi connectivity index (χ0v) is 13.0. The van der Waals surface area contributed by atoms with E-state index in [0.717, 1.165) is 11.3 Å². The monoisotopic (exact) mass is 293 g/mol. The van der Waals surface area contributed by atoms with Gasteiger partial charge in [0.2, 0.25) is 0 Å². The van der Waals surface area contributed by atoms with Crippen molar-refractivity contribution < 1.29 is 14.3 Å². The molecule has 0 aliphatic heterocycles. The average molecular weight is 293 g/mol. The highest BCUT2D eigenvalue weighted by Gasteiger charge is 2.13. The maximum atomic E-state index is 11.5. The number of aromatic nitrogens is 1. The van der Waals surface area contributed by atoms with Crippen LogP contribution in [0.25, 0.3) is 6.08 Å². The quantitative estimate of drug-likeness (QED) is 0.485. The molecule has 1 heterocycles. The lowest BCUT2D eigenvalue weighted by atomic mass is 10.2. The van der Waals surface area contributed by atoms with E-state index in [1.807, 2.05) is 32.9 Å². The van der Waals surface area contributed by atoms with Gasteiger partial charge in [0.25, 0.3) is 0 Å². The van der Waals surface area contributed by atoms with Crippen LogP contribution in [0.5, 0.6) is 0 Å². The summed E-state index contributed by atoms with van der Waals surface area (Å²) in [5.41, 5.74) is 1.16. The second-order valence-corrected chi connectivity index (χ2v) is 5.66. The Balaban J connectivity index is 2.61. The lowest BCUT2D eigenvalue weighted by molar-refractivity contribution is -0.148. The molecule has 0 spiro atoms. The SMILES string of the molecule is COC(=S)Cc1ccc(C=CC(=O)OC(C)(C)C)cn1. The molecule has 0 saturated heterocycles. The maximum Gasteiger partial charge on any atom is 0.331 e. The van der Waals surface area contributed by atoms with Crippen molar-refractivity contribution in [2.45, 2.75) is 32.8 Å². The number of thiocarbonyl (C=S) groups is 1. The molecule has 0 aliphatic rings. The van der Waals surface area contributed by atoms with Gasteiger partial charge in [-0.15, -0.1) is 0 Å².